The minimum Gasteiger partial charge on any atom is -0.494 e. The van der Waals surface area contributed by atoms with Gasteiger partial charge in [-0.05, 0) is 43.2 Å². The topological polar surface area (TPSA) is 71.7 Å². The van der Waals surface area contributed by atoms with Crippen molar-refractivity contribution in [3.05, 3.63) is 65.9 Å². The molecule has 1 amide bonds. The Morgan fingerprint density at radius 2 is 1.93 bits per heavy atom. The lowest BCUT2D eigenvalue weighted by Crippen LogP contribution is -2.56. The fourth-order valence-electron chi connectivity index (χ4n) is 4.31. The molecule has 0 aliphatic carbocycles. The molecule has 2 heterocycles. The number of hydrogen-bond donors (Lipinski definition) is 1. The van der Waals surface area contributed by atoms with Crippen LogP contribution >= 0.6 is 0 Å². The minimum absolute atomic E-state index is 0.198. The molecule has 4 rings (SSSR count). The number of pyridine rings is 1. The highest BCUT2D eigenvalue weighted by Crippen LogP contribution is 2.34. The molecule has 2 aromatic carbocycles. The van der Waals surface area contributed by atoms with Crippen molar-refractivity contribution in [3.63, 3.8) is 0 Å². The van der Waals surface area contributed by atoms with Crippen molar-refractivity contribution in [2.75, 3.05) is 38.2 Å². The normalized spacial score (nSPS) is 17.3. The number of aryl methyl sites for hydroxylation is 1. The molecule has 0 bridgehead atoms. The third-order valence-electron chi connectivity index (χ3n) is 5.77. The zero-order chi connectivity index (χ0) is 21.1. The van der Waals surface area contributed by atoms with E-state index < -0.39 is 0 Å². The average molecular weight is 405 g/mol. The van der Waals surface area contributed by atoms with Gasteiger partial charge in [0.05, 0.1) is 13.7 Å². The van der Waals surface area contributed by atoms with Crippen LogP contribution in [0.15, 0.2) is 54.6 Å². The molecule has 1 unspecified atom stereocenters. The fourth-order valence-corrected chi connectivity index (χ4v) is 4.31. The summed E-state index contributed by atoms with van der Waals surface area (Å²) in [4.78, 5) is 21.0. The number of piperazine rings is 1. The van der Waals surface area contributed by atoms with Gasteiger partial charge in [0.25, 0.3) is 0 Å². The molecule has 6 heteroatoms. The molecule has 1 aliphatic rings. The molecule has 3 aromatic rings. The zero-order valence-corrected chi connectivity index (χ0v) is 17.5. The minimum atomic E-state index is -0.281. The van der Waals surface area contributed by atoms with Gasteiger partial charge < -0.3 is 15.4 Å². The predicted octanol–water partition coefficient (Wildman–Crippen LogP) is 2.77. The Kier molecular flexibility index (Phi) is 5.86. The second kappa shape index (κ2) is 8.71. The van der Waals surface area contributed by atoms with Gasteiger partial charge in [-0.15, -0.1) is 0 Å². The summed E-state index contributed by atoms with van der Waals surface area (Å²) in [5.74, 6) is 0.502. The molecule has 0 radical (unpaired) electrons. The Labute approximate surface area is 177 Å². The summed E-state index contributed by atoms with van der Waals surface area (Å²) in [7, 11) is 1.68. The van der Waals surface area contributed by atoms with Crippen LogP contribution in [-0.2, 0) is 11.2 Å². The summed E-state index contributed by atoms with van der Waals surface area (Å²) < 4.78 is 5.55. The van der Waals surface area contributed by atoms with Gasteiger partial charge in [-0.1, -0.05) is 30.3 Å². The number of methoxy groups -OCH3 is 1. The maximum absolute atomic E-state index is 11.6. The van der Waals surface area contributed by atoms with Crippen LogP contribution in [0.1, 0.15) is 11.3 Å². The third-order valence-corrected chi connectivity index (χ3v) is 5.77. The lowest BCUT2D eigenvalue weighted by atomic mass is 10.0. The van der Waals surface area contributed by atoms with Gasteiger partial charge in [-0.3, -0.25) is 9.69 Å². The molecular formula is C24H28N4O2. The van der Waals surface area contributed by atoms with Crippen molar-refractivity contribution in [3.8, 4) is 5.75 Å². The fraction of sp³-hybridized carbons (Fsp3) is 0.333. The van der Waals surface area contributed by atoms with Crippen LogP contribution in [0.3, 0.4) is 0 Å². The molecule has 1 saturated heterocycles. The van der Waals surface area contributed by atoms with E-state index in [1.807, 2.05) is 25.1 Å². The molecule has 1 aliphatic heterocycles. The van der Waals surface area contributed by atoms with E-state index in [0.29, 0.717) is 0 Å². The lowest BCUT2D eigenvalue weighted by Gasteiger charge is -2.42. The van der Waals surface area contributed by atoms with Crippen molar-refractivity contribution in [1.29, 1.82) is 0 Å². The highest BCUT2D eigenvalue weighted by atomic mass is 16.5. The lowest BCUT2D eigenvalue weighted by molar-refractivity contribution is -0.119. The predicted molar refractivity (Wildman–Crippen MR) is 120 cm³/mol. The Morgan fingerprint density at radius 3 is 2.67 bits per heavy atom. The highest BCUT2D eigenvalue weighted by Gasteiger charge is 2.29. The number of rotatable bonds is 6. The summed E-state index contributed by atoms with van der Waals surface area (Å²) >= 11 is 0. The average Bonchev–Trinajstić information content (AvgIpc) is 2.74. The number of nitrogens with zero attached hydrogens (tertiary/aromatic N) is 3. The SMILES string of the molecule is COc1ccc(N2CCN(CC(N)=O)C(Cc3ccccc3)C2)c2ccc(C)nc12. The standard InChI is InChI=1S/C24H28N4O2/c1-17-8-9-20-21(10-11-22(30-2)24(20)26-17)28-13-12-27(16-23(25)29)19(15-28)14-18-6-4-3-5-7-18/h3-11,19H,12-16H2,1-2H3,(H2,25,29). The number of nitrogens with two attached hydrogens (primary N) is 1. The third kappa shape index (κ3) is 4.24. The van der Waals surface area contributed by atoms with Crippen molar-refractivity contribution < 1.29 is 9.53 Å². The first kappa shape index (κ1) is 20.2. The van der Waals surface area contributed by atoms with E-state index in [1.165, 1.54) is 5.56 Å². The number of anilines is 1. The van der Waals surface area contributed by atoms with Crippen LogP contribution in [0.2, 0.25) is 0 Å². The molecule has 6 nitrogen and oxygen atoms in total. The molecule has 2 N–H and O–H groups in total. The van der Waals surface area contributed by atoms with E-state index in [4.69, 9.17) is 15.5 Å². The van der Waals surface area contributed by atoms with Crippen LogP contribution in [0.4, 0.5) is 5.69 Å². The molecule has 1 atom stereocenters. The maximum Gasteiger partial charge on any atom is 0.231 e. The van der Waals surface area contributed by atoms with Crippen molar-refractivity contribution in [2.45, 2.75) is 19.4 Å². The Hall–Kier alpha value is -3.12. The van der Waals surface area contributed by atoms with Crippen LogP contribution < -0.4 is 15.4 Å². The molecule has 0 spiro atoms. The largest absolute Gasteiger partial charge is 0.494 e. The molecule has 156 valence electrons. The summed E-state index contributed by atoms with van der Waals surface area (Å²) in [6, 6.07) is 18.9. The Morgan fingerprint density at radius 1 is 1.13 bits per heavy atom. The first-order chi connectivity index (χ1) is 14.5. The van der Waals surface area contributed by atoms with E-state index >= 15 is 0 Å². The summed E-state index contributed by atoms with van der Waals surface area (Å²) in [6.45, 7) is 4.71. The smallest absolute Gasteiger partial charge is 0.231 e. The highest BCUT2D eigenvalue weighted by molar-refractivity contribution is 5.96. The molecule has 30 heavy (non-hydrogen) atoms. The summed E-state index contributed by atoms with van der Waals surface area (Å²) in [6.07, 6.45) is 0.871. The van der Waals surface area contributed by atoms with Gasteiger partial charge in [-0.25, -0.2) is 4.98 Å². The Balaban J connectivity index is 1.66. The van der Waals surface area contributed by atoms with Gasteiger partial charge >= 0.3 is 0 Å². The van der Waals surface area contributed by atoms with Crippen LogP contribution in [0, 0.1) is 6.92 Å². The van der Waals surface area contributed by atoms with Gasteiger partial charge in [0.1, 0.15) is 11.3 Å². The van der Waals surface area contributed by atoms with E-state index in [0.717, 1.165) is 54.1 Å². The number of carbonyl (C=O) groups is 1. The first-order valence-electron chi connectivity index (χ1n) is 10.3. The van der Waals surface area contributed by atoms with E-state index in [2.05, 4.69) is 46.2 Å². The van der Waals surface area contributed by atoms with Crippen molar-refractivity contribution >= 4 is 22.5 Å². The molecule has 0 saturated carbocycles. The van der Waals surface area contributed by atoms with E-state index in [-0.39, 0.29) is 18.5 Å². The van der Waals surface area contributed by atoms with Gasteiger partial charge in [0.15, 0.2) is 0 Å². The van der Waals surface area contributed by atoms with Crippen LogP contribution in [-0.4, -0.2) is 55.1 Å². The number of fused-ring (bicyclic) bond motifs is 1. The van der Waals surface area contributed by atoms with Crippen molar-refractivity contribution in [1.82, 2.24) is 9.88 Å². The number of hydrogen-bond acceptors (Lipinski definition) is 5. The molecule has 1 aromatic heterocycles. The summed E-state index contributed by atoms with van der Waals surface area (Å²) in [5.41, 5.74) is 9.78. The number of aromatic nitrogens is 1. The van der Waals surface area contributed by atoms with Crippen molar-refractivity contribution in [2.24, 2.45) is 5.73 Å². The summed E-state index contributed by atoms with van der Waals surface area (Å²) in [5, 5.41) is 1.08. The van der Waals surface area contributed by atoms with Gasteiger partial charge in [0, 0.05) is 42.4 Å². The van der Waals surface area contributed by atoms with Crippen LogP contribution in [0.25, 0.3) is 10.9 Å². The van der Waals surface area contributed by atoms with E-state index in [1.54, 1.807) is 7.11 Å². The second-order valence-electron chi connectivity index (χ2n) is 7.86. The van der Waals surface area contributed by atoms with Gasteiger partial charge in [0.2, 0.25) is 5.91 Å². The number of carbonyl (C=O) groups excluding carboxylic acids is 1. The number of primary amides is 1. The first-order valence-corrected chi connectivity index (χ1v) is 10.3. The Bertz CT molecular complexity index is 1040. The van der Waals surface area contributed by atoms with Gasteiger partial charge in [-0.2, -0.15) is 0 Å². The second-order valence-corrected chi connectivity index (χ2v) is 7.86. The molecule has 1 fully saturated rings. The van der Waals surface area contributed by atoms with E-state index in [9.17, 15) is 4.79 Å². The molecular weight excluding hydrogens is 376 g/mol. The monoisotopic (exact) mass is 404 g/mol. The number of benzene rings is 2. The quantitative estimate of drug-likeness (QED) is 0.684. The van der Waals surface area contributed by atoms with Crippen LogP contribution in [0.5, 0.6) is 5.75 Å². The number of ether oxygens (including phenoxy) is 1. The number of amides is 1. The zero-order valence-electron chi connectivity index (χ0n) is 17.5. The maximum atomic E-state index is 11.6.